The minimum Gasteiger partial charge on any atom is -0.318 e. The summed E-state index contributed by atoms with van der Waals surface area (Å²) in [7, 11) is -3.73. The highest BCUT2D eigenvalue weighted by atomic mass is 32.2. The molecule has 1 aromatic carbocycles. The summed E-state index contributed by atoms with van der Waals surface area (Å²) >= 11 is 0. The summed E-state index contributed by atoms with van der Waals surface area (Å²) in [6.07, 6.45) is 1.26. The monoisotopic (exact) mass is 455 g/mol. The van der Waals surface area contributed by atoms with Crippen molar-refractivity contribution < 1.29 is 13.2 Å². The normalized spacial score (nSPS) is 11.8. The lowest BCUT2D eigenvalue weighted by atomic mass is 10.1. The van der Waals surface area contributed by atoms with Gasteiger partial charge in [-0.1, -0.05) is 31.5 Å². The summed E-state index contributed by atoms with van der Waals surface area (Å²) < 4.78 is 30.1. The molecule has 7 nitrogen and oxygen atoms in total. The fourth-order valence-corrected chi connectivity index (χ4v) is 5.35. The van der Waals surface area contributed by atoms with Crippen LogP contribution < -0.4 is 5.56 Å². The van der Waals surface area contributed by atoms with Crippen molar-refractivity contribution in [2.24, 2.45) is 0 Å². The van der Waals surface area contributed by atoms with Crippen LogP contribution in [0, 0.1) is 20.8 Å². The highest BCUT2D eigenvalue weighted by molar-refractivity contribution is 7.89. The average molecular weight is 456 g/mol. The van der Waals surface area contributed by atoms with E-state index in [0.717, 1.165) is 27.2 Å². The molecule has 0 aliphatic rings. The average Bonchev–Trinajstić information content (AvgIpc) is 3.05. The van der Waals surface area contributed by atoms with E-state index >= 15 is 0 Å². The van der Waals surface area contributed by atoms with Gasteiger partial charge in [-0.2, -0.15) is 4.31 Å². The maximum atomic E-state index is 13.1. The van der Waals surface area contributed by atoms with Gasteiger partial charge in [0.2, 0.25) is 10.0 Å². The smallest absolute Gasteiger partial charge is 0.251 e. The van der Waals surface area contributed by atoms with Gasteiger partial charge in [-0.15, -0.1) is 0 Å². The van der Waals surface area contributed by atoms with E-state index in [4.69, 9.17) is 0 Å². The van der Waals surface area contributed by atoms with Crippen LogP contribution in [-0.4, -0.2) is 40.7 Å². The fraction of sp³-hybridized carbons (Fsp3) is 0.333. The number of aromatic nitrogens is 2. The first-order valence-electron chi connectivity index (χ1n) is 10.6. The second-order valence-corrected chi connectivity index (χ2v) is 9.74. The van der Waals surface area contributed by atoms with E-state index in [1.807, 2.05) is 49.6 Å². The Morgan fingerprint density at radius 1 is 0.969 bits per heavy atom. The lowest BCUT2D eigenvalue weighted by Crippen LogP contribution is -2.32. The summed E-state index contributed by atoms with van der Waals surface area (Å²) in [6.45, 7) is 9.72. The third-order valence-electron chi connectivity index (χ3n) is 5.64. The zero-order valence-electron chi connectivity index (χ0n) is 19.1. The SMILES string of the molecule is CCN(CC)S(=O)(=O)c1ccc(=O)n(CC(=O)c2cc(C)n(-c3ccc(C)cc3)c2C)c1. The predicted octanol–water partition coefficient (Wildman–Crippen LogP) is 3.48. The lowest BCUT2D eigenvalue weighted by Gasteiger charge is -2.19. The van der Waals surface area contributed by atoms with Gasteiger partial charge in [0.25, 0.3) is 5.56 Å². The maximum absolute atomic E-state index is 13.1. The number of rotatable bonds is 8. The number of ketones is 1. The molecule has 32 heavy (non-hydrogen) atoms. The topological polar surface area (TPSA) is 81.4 Å². The number of pyridine rings is 1. The molecule has 8 heteroatoms. The molecule has 0 saturated carbocycles. The molecule has 0 unspecified atom stereocenters. The molecule has 0 fully saturated rings. The Morgan fingerprint density at radius 3 is 2.19 bits per heavy atom. The first-order chi connectivity index (χ1) is 15.1. The van der Waals surface area contributed by atoms with E-state index in [0.29, 0.717) is 18.7 Å². The summed E-state index contributed by atoms with van der Waals surface area (Å²) in [4.78, 5) is 25.5. The summed E-state index contributed by atoms with van der Waals surface area (Å²) in [5, 5.41) is 0. The van der Waals surface area contributed by atoms with E-state index < -0.39 is 15.6 Å². The van der Waals surface area contributed by atoms with Crippen LogP contribution in [0.5, 0.6) is 0 Å². The van der Waals surface area contributed by atoms with Gasteiger partial charge in [0.05, 0.1) is 11.4 Å². The van der Waals surface area contributed by atoms with Gasteiger partial charge in [-0.3, -0.25) is 9.59 Å². The molecule has 0 spiro atoms. The molecule has 0 amide bonds. The molecular weight excluding hydrogens is 426 g/mol. The number of aryl methyl sites for hydroxylation is 2. The van der Waals surface area contributed by atoms with Crippen LogP contribution in [0.2, 0.25) is 0 Å². The molecule has 2 aromatic heterocycles. The molecule has 170 valence electrons. The van der Waals surface area contributed by atoms with E-state index in [1.165, 1.54) is 22.6 Å². The van der Waals surface area contributed by atoms with Gasteiger partial charge in [0.15, 0.2) is 5.78 Å². The Kier molecular flexibility index (Phi) is 6.85. The van der Waals surface area contributed by atoms with E-state index in [1.54, 1.807) is 19.9 Å². The molecule has 3 rings (SSSR count). The van der Waals surface area contributed by atoms with Gasteiger partial charge < -0.3 is 9.13 Å². The Balaban J connectivity index is 1.96. The Bertz CT molecular complexity index is 1300. The molecule has 0 aliphatic heterocycles. The van der Waals surface area contributed by atoms with Crippen LogP contribution in [-0.2, 0) is 16.6 Å². The molecule has 0 saturated heterocycles. The number of hydrogen-bond donors (Lipinski definition) is 0. The highest BCUT2D eigenvalue weighted by Crippen LogP contribution is 2.22. The van der Waals surface area contributed by atoms with Gasteiger partial charge in [0, 0.05) is 48.0 Å². The summed E-state index contributed by atoms with van der Waals surface area (Å²) in [5.74, 6) is -0.254. The van der Waals surface area contributed by atoms with E-state index in [-0.39, 0.29) is 17.2 Å². The van der Waals surface area contributed by atoms with Crippen molar-refractivity contribution in [2.75, 3.05) is 13.1 Å². The second-order valence-electron chi connectivity index (χ2n) is 7.80. The minimum absolute atomic E-state index is 0.00118. The van der Waals surface area contributed by atoms with Crippen LogP contribution in [0.25, 0.3) is 5.69 Å². The van der Waals surface area contributed by atoms with Crippen LogP contribution in [0.15, 0.2) is 58.4 Å². The van der Waals surface area contributed by atoms with Gasteiger partial charge >= 0.3 is 0 Å². The molecule has 2 heterocycles. The molecule has 0 aliphatic carbocycles. The highest BCUT2D eigenvalue weighted by Gasteiger charge is 2.23. The third kappa shape index (κ3) is 4.47. The van der Waals surface area contributed by atoms with Crippen molar-refractivity contribution in [3.05, 3.63) is 81.5 Å². The summed E-state index contributed by atoms with van der Waals surface area (Å²) in [6, 6.07) is 12.3. The predicted molar refractivity (Wildman–Crippen MR) is 125 cm³/mol. The molecule has 0 N–H and O–H groups in total. The lowest BCUT2D eigenvalue weighted by molar-refractivity contribution is 0.0970. The number of Topliss-reactive ketones (excluding diaryl/α,β-unsaturated/α-hetero) is 1. The Labute approximate surface area is 189 Å². The number of hydrogen-bond acceptors (Lipinski definition) is 4. The van der Waals surface area contributed by atoms with Crippen LogP contribution >= 0.6 is 0 Å². The number of sulfonamides is 1. The Hall–Kier alpha value is -2.97. The largest absolute Gasteiger partial charge is 0.318 e. The van der Waals surface area contributed by atoms with E-state index in [9.17, 15) is 18.0 Å². The van der Waals surface area contributed by atoms with Crippen molar-refractivity contribution in [1.82, 2.24) is 13.4 Å². The van der Waals surface area contributed by atoms with Crippen molar-refractivity contribution in [2.45, 2.75) is 46.1 Å². The number of nitrogens with zero attached hydrogens (tertiary/aromatic N) is 3. The van der Waals surface area contributed by atoms with Crippen LogP contribution in [0.1, 0.15) is 41.2 Å². The zero-order chi connectivity index (χ0) is 23.6. The molecule has 0 atom stereocenters. The molecule has 3 aromatic rings. The maximum Gasteiger partial charge on any atom is 0.251 e. The molecular formula is C24H29N3O4S. The second kappa shape index (κ2) is 9.26. The van der Waals surface area contributed by atoms with Crippen molar-refractivity contribution in [1.29, 1.82) is 0 Å². The zero-order valence-corrected chi connectivity index (χ0v) is 19.9. The first kappa shape index (κ1) is 23.7. The molecule has 0 bridgehead atoms. The quantitative estimate of drug-likeness (QED) is 0.487. The van der Waals surface area contributed by atoms with Gasteiger partial charge in [-0.05, 0) is 45.0 Å². The van der Waals surface area contributed by atoms with Crippen molar-refractivity contribution in [3.63, 3.8) is 0 Å². The Morgan fingerprint density at radius 2 is 1.59 bits per heavy atom. The number of carbonyl (C=O) groups excluding carboxylic acids is 1. The fourth-order valence-electron chi connectivity index (χ4n) is 3.87. The first-order valence-corrected chi connectivity index (χ1v) is 12.0. The summed E-state index contributed by atoms with van der Waals surface area (Å²) in [5.41, 5.74) is 3.85. The van der Waals surface area contributed by atoms with Gasteiger partial charge in [-0.25, -0.2) is 8.42 Å². The third-order valence-corrected chi connectivity index (χ3v) is 7.67. The number of benzene rings is 1. The van der Waals surface area contributed by atoms with Crippen molar-refractivity contribution >= 4 is 15.8 Å². The molecule has 0 radical (unpaired) electrons. The van der Waals surface area contributed by atoms with Crippen LogP contribution in [0.3, 0.4) is 0 Å². The minimum atomic E-state index is -3.73. The van der Waals surface area contributed by atoms with Crippen LogP contribution in [0.4, 0.5) is 0 Å². The standard InChI is InChI=1S/C24H29N3O4S/c1-6-26(7-2)32(30,31)21-12-13-24(29)25(15-21)16-23(28)22-14-18(4)27(19(22)5)20-10-8-17(3)9-11-20/h8-15H,6-7,16H2,1-5H3. The number of carbonyl (C=O) groups is 1. The van der Waals surface area contributed by atoms with E-state index in [2.05, 4.69) is 0 Å². The van der Waals surface area contributed by atoms with Gasteiger partial charge in [0.1, 0.15) is 0 Å². The van der Waals surface area contributed by atoms with Crippen molar-refractivity contribution in [3.8, 4) is 5.69 Å².